The van der Waals surface area contributed by atoms with Gasteiger partial charge in [0.15, 0.2) is 23.6 Å². The third-order valence-electron chi connectivity index (χ3n) is 7.30. The molecule has 8 N–H and O–H groups in total. The molecule has 1 unspecified atom stereocenters. The molecule has 0 aromatic heterocycles. The van der Waals surface area contributed by atoms with Crippen LogP contribution in [0.1, 0.15) is 35.7 Å². The highest BCUT2D eigenvalue weighted by atomic mass is 16.7. The molecule has 232 valence electrons. The summed E-state index contributed by atoms with van der Waals surface area (Å²) in [6.07, 6.45) is -11.8. The highest BCUT2D eigenvalue weighted by Crippen LogP contribution is 2.37. The van der Waals surface area contributed by atoms with Crippen molar-refractivity contribution >= 4 is 5.78 Å². The quantitative estimate of drug-likeness (QED) is 0.165. The molecule has 2 aromatic carbocycles. The Balaban J connectivity index is 1.48. The van der Waals surface area contributed by atoms with Crippen LogP contribution in [0.25, 0.3) is 0 Å². The second kappa shape index (κ2) is 13.4. The molecule has 42 heavy (non-hydrogen) atoms. The van der Waals surface area contributed by atoms with E-state index >= 15 is 0 Å². The highest BCUT2D eigenvalue weighted by molar-refractivity contribution is 6.01. The first-order valence-corrected chi connectivity index (χ1v) is 13.3. The van der Waals surface area contributed by atoms with Crippen LogP contribution in [0, 0.1) is 0 Å². The molecule has 0 aliphatic carbocycles. The predicted octanol–water partition coefficient (Wildman–Crippen LogP) is -0.313. The topological polar surface area (TPSA) is 225 Å². The number of phenolic OH excluding ortho intramolecular Hbond substituents is 3. The van der Waals surface area contributed by atoms with E-state index in [4.69, 9.17) is 23.7 Å². The van der Waals surface area contributed by atoms with Crippen molar-refractivity contribution in [1.29, 1.82) is 0 Å². The molecule has 9 atom stereocenters. The number of hydrogen-bond acceptors (Lipinski definition) is 14. The number of aliphatic hydroxyl groups is 5. The van der Waals surface area contributed by atoms with Gasteiger partial charge in [-0.3, -0.25) is 4.79 Å². The summed E-state index contributed by atoms with van der Waals surface area (Å²) in [4.78, 5) is 12.8. The number of aromatic hydroxyl groups is 3. The fourth-order valence-corrected chi connectivity index (χ4v) is 4.89. The predicted molar refractivity (Wildman–Crippen MR) is 141 cm³/mol. The van der Waals surface area contributed by atoms with E-state index in [-0.39, 0.29) is 42.1 Å². The molecule has 14 nitrogen and oxygen atoms in total. The zero-order valence-corrected chi connectivity index (χ0v) is 22.9. The van der Waals surface area contributed by atoms with Gasteiger partial charge in [0.2, 0.25) is 6.29 Å². The minimum absolute atomic E-state index is 0.0920. The van der Waals surface area contributed by atoms with Crippen molar-refractivity contribution in [2.75, 3.05) is 13.7 Å². The Morgan fingerprint density at radius 1 is 0.929 bits per heavy atom. The van der Waals surface area contributed by atoms with Gasteiger partial charge >= 0.3 is 0 Å². The maximum absolute atomic E-state index is 12.8. The fourth-order valence-electron chi connectivity index (χ4n) is 4.89. The number of aliphatic hydroxyl groups excluding tert-OH is 5. The van der Waals surface area contributed by atoms with E-state index in [1.165, 1.54) is 20.1 Å². The summed E-state index contributed by atoms with van der Waals surface area (Å²) in [6, 6.07) is 6.80. The van der Waals surface area contributed by atoms with Crippen LogP contribution in [0.2, 0.25) is 0 Å². The Bertz CT molecular complexity index is 1210. The van der Waals surface area contributed by atoms with Crippen molar-refractivity contribution < 1.29 is 69.3 Å². The summed E-state index contributed by atoms with van der Waals surface area (Å²) in [5.41, 5.74) is 0.284. The summed E-state index contributed by atoms with van der Waals surface area (Å²) >= 11 is 0. The van der Waals surface area contributed by atoms with Crippen molar-refractivity contribution in [3.05, 3.63) is 41.5 Å². The van der Waals surface area contributed by atoms with E-state index in [9.17, 15) is 45.6 Å². The van der Waals surface area contributed by atoms with Gasteiger partial charge in [0, 0.05) is 25.0 Å². The Kier molecular flexibility index (Phi) is 10.1. The summed E-state index contributed by atoms with van der Waals surface area (Å²) in [6.45, 7) is 0.890. The SMILES string of the molecule is COc1ccc(CCC(=O)c2c(O)cc(OC3O[C@H](CO)[C@@H](O)C[C@H]3O[C@@H]3O[C@@H](C)[C@H](O)[C@@H](O)[C@@H]3O)cc2O)cc1O. The maximum atomic E-state index is 12.8. The number of aryl methyl sites for hydroxylation is 1. The molecule has 2 heterocycles. The first-order valence-electron chi connectivity index (χ1n) is 13.3. The van der Waals surface area contributed by atoms with Crippen LogP contribution in [-0.4, -0.2) is 116 Å². The molecule has 14 heteroatoms. The van der Waals surface area contributed by atoms with E-state index in [2.05, 4.69) is 0 Å². The maximum Gasteiger partial charge on any atom is 0.227 e. The van der Waals surface area contributed by atoms with Gasteiger partial charge in [-0.05, 0) is 31.0 Å². The van der Waals surface area contributed by atoms with Crippen LogP contribution in [0.15, 0.2) is 30.3 Å². The highest BCUT2D eigenvalue weighted by Gasteiger charge is 2.47. The molecule has 0 bridgehead atoms. The number of methoxy groups -OCH3 is 1. The number of benzene rings is 2. The Hall–Kier alpha value is -3.21. The number of ketones is 1. The number of ether oxygens (including phenoxy) is 5. The molecule has 2 aliphatic rings. The van der Waals surface area contributed by atoms with Gasteiger partial charge < -0.3 is 64.5 Å². The minimum Gasteiger partial charge on any atom is -0.507 e. The van der Waals surface area contributed by atoms with Crippen LogP contribution < -0.4 is 9.47 Å². The van der Waals surface area contributed by atoms with E-state index in [1.54, 1.807) is 12.1 Å². The van der Waals surface area contributed by atoms with E-state index in [0.717, 1.165) is 12.1 Å². The van der Waals surface area contributed by atoms with Gasteiger partial charge in [0.05, 0.1) is 25.9 Å². The van der Waals surface area contributed by atoms with E-state index < -0.39 is 79.2 Å². The van der Waals surface area contributed by atoms with Gasteiger partial charge in [-0.2, -0.15) is 0 Å². The van der Waals surface area contributed by atoms with E-state index in [1.807, 2.05) is 0 Å². The summed E-state index contributed by atoms with van der Waals surface area (Å²) in [5.74, 6) is -1.72. The van der Waals surface area contributed by atoms with Crippen LogP contribution >= 0.6 is 0 Å². The number of rotatable bonds is 10. The Morgan fingerprint density at radius 3 is 2.24 bits per heavy atom. The third kappa shape index (κ3) is 6.88. The molecule has 2 saturated heterocycles. The molecule has 0 saturated carbocycles. The lowest BCUT2D eigenvalue weighted by molar-refractivity contribution is -0.337. The second-order valence-corrected chi connectivity index (χ2v) is 10.3. The number of carbonyl (C=O) groups excluding carboxylic acids is 1. The zero-order valence-electron chi connectivity index (χ0n) is 22.9. The van der Waals surface area contributed by atoms with Crippen LogP contribution in [0.5, 0.6) is 28.7 Å². The first kappa shape index (κ1) is 31.7. The second-order valence-electron chi connectivity index (χ2n) is 10.3. The van der Waals surface area contributed by atoms with Crippen LogP contribution in [0.4, 0.5) is 0 Å². The molecular weight excluding hydrogens is 560 g/mol. The number of phenols is 3. The summed E-state index contributed by atoms with van der Waals surface area (Å²) < 4.78 is 27.6. The number of Topliss-reactive ketones (excluding diaryl/α,β-unsaturated/α-hetero) is 1. The molecule has 4 rings (SSSR count). The minimum atomic E-state index is -1.65. The molecule has 2 aliphatic heterocycles. The first-order chi connectivity index (χ1) is 19.9. The normalized spacial score (nSPS) is 31.5. The monoisotopic (exact) mass is 596 g/mol. The third-order valence-corrected chi connectivity index (χ3v) is 7.30. The molecule has 2 aromatic rings. The molecule has 0 amide bonds. The van der Waals surface area contributed by atoms with Crippen molar-refractivity contribution in [2.45, 2.75) is 81.5 Å². The Labute approximate surface area is 240 Å². The Morgan fingerprint density at radius 2 is 1.62 bits per heavy atom. The molecule has 0 radical (unpaired) electrons. The largest absolute Gasteiger partial charge is 0.507 e. The molecule has 0 spiro atoms. The lowest BCUT2D eigenvalue weighted by Gasteiger charge is -2.43. The van der Waals surface area contributed by atoms with Crippen molar-refractivity contribution in [3.63, 3.8) is 0 Å². The van der Waals surface area contributed by atoms with Gasteiger partial charge in [0.25, 0.3) is 0 Å². The number of carbonyl (C=O) groups is 1. The average molecular weight is 597 g/mol. The van der Waals surface area contributed by atoms with Crippen LogP contribution in [0.3, 0.4) is 0 Å². The van der Waals surface area contributed by atoms with Gasteiger partial charge in [-0.15, -0.1) is 0 Å². The van der Waals surface area contributed by atoms with Crippen LogP contribution in [-0.2, 0) is 20.6 Å². The van der Waals surface area contributed by atoms with Crippen molar-refractivity contribution in [3.8, 4) is 28.7 Å². The van der Waals surface area contributed by atoms with Gasteiger partial charge in [0.1, 0.15) is 53.3 Å². The summed E-state index contributed by atoms with van der Waals surface area (Å²) in [5, 5.41) is 81.5. The summed E-state index contributed by atoms with van der Waals surface area (Å²) in [7, 11) is 1.41. The van der Waals surface area contributed by atoms with Crippen molar-refractivity contribution in [1.82, 2.24) is 0 Å². The standard InChI is InChI=1S/C28H36O14/c1-12-24(35)25(36)26(37)28(39-12)41-21-10-17(32)22(11-29)42-27(21)40-14-8-18(33)23(19(34)9-14)15(30)5-3-13-4-6-20(38-2)16(31)7-13/h4,6-9,12,17,21-22,24-29,31-37H,3,5,10-11H2,1-2H3/t12-,17-,21+,22+,24-,25+,26-,27?,28-/m0/s1. The average Bonchev–Trinajstić information content (AvgIpc) is 2.94. The van der Waals surface area contributed by atoms with Crippen molar-refractivity contribution in [2.24, 2.45) is 0 Å². The smallest absolute Gasteiger partial charge is 0.227 e. The van der Waals surface area contributed by atoms with Gasteiger partial charge in [-0.25, -0.2) is 0 Å². The lowest BCUT2D eigenvalue weighted by Crippen LogP contribution is -2.60. The zero-order chi connectivity index (χ0) is 30.7. The number of hydrogen-bond donors (Lipinski definition) is 8. The van der Waals surface area contributed by atoms with Gasteiger partial charge in [-0.1, -0.05) is 6.07 Å². The molecular formula is C28H36O14. The fraction of sp³-hybridized carbons (Fsp3) is 0.536. The molecule has 2 fully saturated rings. The lowest BCUT2D eigenvalue weighted by atomic mass is 9.99. The van der Waals surface area contributed by atoms with E-state index in [0.29, 0.717) is 5.56 Å².